The maximum Gasteiger partial charge on any atom is 0.198 e. The maximum absolute atomic E-state index is 8.18. The summed E-state index contributed by atoms with van der Waals surface area (Å²) in [6.07, 6.45) is 0. The molecule has 0 unspecified atom stereocenters. The predicted molar refractivity (Wildman–Crippen MR) is 29.4 cm³/mol. The zero-order chi connectivity index (χ0) is 5.21. The highest BCUT2D eigenvalue weighted by Crippen LogP contribution is 2.35. The van der Waals surface area contributed by atoms with Gasteiger partial charge in [-0.2, -0.15) is 0 Å². The quantitative estimate of drug-likeness (QED) is 0.418. The average Bonchev–Trinajstić information content (AvgIpc) is 1.35. The molecule has 0 fully saturated rings. The SMILES string of the molecule is OP(O)(=S)CCl. The van der Waals surface area contributed by atoms with E-state index in [2.05, 4.69) is 11.8 Å². The first-order valence-corrected chi connectivity index (χ1v) is 4.59. The van der Waals surface area contributed by atoms with Gasteiger partial charge in [0.25, 0.3) is 0 Å². The van der Waals surface area contributed by atoms with Crippen LogP contribution in [-0.2, 0) is 11.8 Å². The number of alkyl halides is 1. The van der Waals surface area contributed by atoms with E-state index in [1.54, 1.807) is 0 Å². The fraction of sp³-hybridized carbons (Fsp3) is 1.00. The molecule has 0 heterocycles. The van der Waals surface area contributed by atoms with Crippen LogP contribution in [0.15, 0.2) is 0 Å². The minimum atomic E-state index is -3.05. The zero-order valence-electron chi connectivity index (χ0n) is 2.83. The van der Waals surface area contributed by atoms with Crippen LogP contribution < -0.4 is 0 Å². The first kappa shape index (κ1) is 6.86. The van der Waals surface area contributed by atoms with Crippen molar-refractivity contribution in [1.29, 1.82) is 0 Å². The van der Waals surface area contributed by atoms with Gasteiger partial charge in [0.05, 0.1) is 5.62 Å². The summed E-state index contributed by atoms with van der Waals surface area (Å²) in [6, 6.07) is 0. The second-order valence-electron chi connectivity index (χ2n) is 0.784. The van der Waals surface area contributed by atoms with E-state index in [1.165, 1.54) is 0 Å². The summed E-state index contributed by atoms with van der Waals surface area (Å²) in [5.41, 5.74) is -0.220. The molecule has 0 aliphatic rings. The van der Waals surface area contributed by atoms with Gasteiger partial charge < -0.3 is 9.79 Å². The van der Waals surface area contributed by atoms with Crippen molar-refractivity contribution in [2.24, 2.45) is 0 Å². The molecule has 0 rings (SSSR count). The topological polar surface area (TPSA) is 40.5 Å². The Labute approximate surface area is 45.9 Å². The molecular formula is CH4ClO2PS. The van der Waals surface area contributed by atoms with Crippen LogP contribution in [0.2, 0.25) is 0 Å². The molecule has 0 atom stereocenters. The van der Waals surface area contributed by atoms with Gasteiger partial charge in [-0.15, -0.1) is 11.6 Å². The van der Waals surface area contributed by atoms with Crippen molar-refractivity contribution in [2.45, 2.75) is 0 Å². The molecule has 5 heteroatoms. The van der Waals surface area contributed by atoms with Gasteiger partial charge in [-0.05, 0) is 11.8 Å². The van der Waals surface area contributed by atoms with Gasteiger partial charge in [0.15, 0.2) is 6.49 Å². The minimum absolute atomic E-state index is 0.220. The second-order valence-corrected chi connectivity index (χ2v) is 4.82. The third kappa shape index (κ3) is 4.86. The maximum atomic E-state index is 8.18. The van der Waals surface area contributed by atoms with Gasteiger partial charge in [-0.25, -0.2) is 0 Å². The Hall–Kier alpha value is 0.860. The number of hydrogen-bond donors (Lipinski definition) is 2. The van der Waals surface area contributed by atoms with Gasteiger partial charge >= 0.3 is 0 Å². The standard InChI is InChI=1S/CH4ClO2PS/c2-1-5(3,4)6/h1H2,(H2,3,4,6). The normalized spacial score (nSPS) is 11.8. The van der Waals surface area contributed by atoms with Crippen molar-refractivity contribution >= 4 is 29.9 Å². The molecule has 0 saturated carbocycles. The molecule has 0 aromatic rings. The van der Waals surface area contributed by atoms with Crippen molar-refractivity contribution in [3.63, 3.8) is 0 Å². The van der Waals surface area contributed by atoms with Crippen LogP contribution >= 0.6 is 18.1 Å². The van der Waals surface area contributed by atoms with Gasteiger partial charge in [0, 0.05) is 0 Å². The number of halogens is 1. The largest absolute Gasteiger partial charge is 0.344 e. The summed E-state index contributed by atoms with van der Waals surface area (Å²) in [4.78, 5) is 16.4. The Kier molecular flexibility index (Phi) is 2.56. The number of hydrogen-bond acceptors (Lipinski definition) is 1. The van der Waals surface area contributed by atoms with Crippen molar-refractivity contribution in [1.82, 2.24) is 0 Å². The monoisotopic (exact) mass is 146 g/mol. The lowest BCUT2D eigenvalue weighted by Gasteiger charge is -1.96. The highest BCUT2D eigenvalue weighted by Gasteiger charge is 2.00. The van der Waals surface area contributed by atoms with Crippen LogP contribution in [0.25, 0.3) is 0 Å². The molecule has 6 heavy (non-hydrogen) atoms. The fourth-order valence-electron chi connectivity index (χ4n) is 0. The van der Waals surface area contributed by atoms with Crippen LogP contribution in [0.4, 0.5) is 0 Å². The van der Waals surface area contributed by atoms with Crippen LogP contribution in [0, 0.1) is 0 Å². The summed E-state index contributed by atoms with van der Waals surface area (Å²) < 4.78 is 0. The van der Waals surface area contributed by atoms with Crippen molar-refractivity contribution in [3.8, 4) is 0 Å². The lowest BCUT2D eigenvalue weighted by molar-refractivity contribution is 0.485. The van der Waals surface area contributed by atoms with Crippen molar-refractivity contribution in [3.05, 3.63) is 0 Å². The molecule has 0 aliphatic carbocycles. The summed E-state index contributed by atoms with van der Waals surface area (Å²) >= 11 is 9.00. The van der Waals surface area contributed by atoms with Crippen molar-refractivity contribution < 1.29 is 9.79 Å². The van der Waals surface area contributed by atoms with E-state index in [9.17, 15) is 0 Å². The van der Waals surface area contributed by atoms with Crippen molar-refractivity contribution in [2.75, 3.05) is 5.62 Å². The Balaban J connectivity index is 3.48. The molecule has 0 saturated heterocycles. The lowest BCUT2D eigenvalue weighted by Crippen LogP contribution is -1.72. The van der Waals surface area contributed by atoms with E-state index in [0.29, 0.717) is 0 Å². The molecule has 38 valence electrons. The van der Waals surface area contributed by atoms with Gasteiger partial charge in [0.2, 0.25) is 0 Å². The molecule has 0 aromatic heterocycles. The van der Waals surface area contributed by atoms with Gasteiger partial charge in [0.1, 0.15) is 0 Å². The van der Waals surface area contributed by atoms with Crippen LogP contribution in [-0.4, -0.2) is 15.4 Å². The Morgan fingerprint density at radius 2 is 1.83 bits per heavy atom. The Morgan fingerprint density at radius 3 is 1.83 bits per heavy atom. The zero-order valence-corrected chi connectivity index (χ0v) is 5.30. The molecule has 0 radical (unpaired) electrons. The van der Waals surface area contributed by atoms with E-state index < -0.39 is 6.49 Å². The molecule has 0 aliphatic heterocycles. The van der Waals surface area contributed by atoms with Crippen LogP contribution in [0.3, 0.4) is 0 Å². The molecule has 2 nitrogen and oxygen atoms in total. The van der Waals surface area contributed by atoms with Gasteiger partial charge in [-0.1, -0.05) is 0 Å². The Bertz CT molecular complexity index is 77.6. The highest BCUT2D eigenvalue weighted by atomic mass is 35.5. The fourth-order valence-corrected chi connectivity index (χ4v) is 0. The Morgan fingerprint density at radius 1 is 1.67 bits per heavy atom. The highest BCUT2D eigenvalue weighted by molar-refractivity contribution is 8.09. The van der Waals surface area contributed by atoms with E-state index in [1.807, 2.05) is 0 Å². The van der Waals surface area contributed by atoms with E-state index in [4.69, 9.17) is 21.4 Å². The van der Waals surface area contributed by atoms with E-state index in [0.717, 1.165) is 0 Å². The summed E-state index contributed by atoms with van der Waals surface area (Å²) in [6.45, 7) is -3.05. The van der Waals surface area contributed by atoms with Crippen LogP contribution in [0.1, 0.15) is 0 Å². The van der Waals surface area contributed by atoms with E-state index >= 15 is 0 Å². The third-order valence-corrected chi connectivity index (χ3v) is 2.28. The first-order chi connectivity index (χ1) is 2.56. The van der Waals surface area contributed by atoms with Gasteiger partial charge in [-0.3, -0.25) is 0 Å². The molecule has 0 bridgehead atoms. The second kappa shape index (κ2) is 2.24. The molecule has 0 aromatic carbocycles. The predicted octanol–water partition coefficient (Wildman–Crippen LogP) is 0.477. The third-order valence-electron chi connectivity index (χ3n) is 0.156. The van der Waals surface area contributed by atoms with Crippen LogP contribution in [0.5, 0.6) is 0 Å². The minimum Gasteiger partial charge on any atom is -0.344 e. The van der Waals surface area contributed by atoms with E-state index in [-0.39, 0.29) is 5.62 Å². The summed E-state index contributed by atoms with van der Waals surface area (Å²) in [7, 11) is 0. The average molecular weight is 147 g/mol. The summed E-state index contributed by atoms with van der Waals surface area (Å²) in [5.74, 6) is 0. The molecular weight excluding hydrogens is 143 g/mol. The number of rotatable bonds is 1. The molecule has 2 N–H and O–H groups in total. The summed E-state index contributed by atoms with van der Waals surface area (Å²) in [5, 5.41) is 0. The smallest absolute Gasteiger partial charge is 0.198 e. The molecule has 0 spiro atoms. The first-order valence-electron chi connectivity index (χ1n) is 1.17. The lowest BCUT2D eigenvalue weighted by atomic mass is 11.9. The molecule has 0 amide bonds.